The molecule has 0 atom stereocenters. The summed E-state index contributed by atoms with van der Waals surface area (Å²) >= 11 is 3.51. The fourth-order valence-corrected chi connectivity index (χ4v) is 2.63. The van der Waals surface area contributed by atoms with Gasteiger partial charge in [0.25, 0.3) is 0 Å². The molecule has 0 fully saturated rings. The monoisotopic (exact) mass is 329 g/mol. The highest BCUT2D eigenvalue weighted by molar-refractivity contribution is 9.10. The molecule has 108 valence electrons. The minimum Gasteiger partial charge on any atom is -0.493 e. The molecule has 1 aromatic rings. The van der Waals surface area contributed by atoms with Crippen LogP contribution >= 0.6 is 15.9 Å². The van der Waals surface area contributed by atoms with Crippen LogP contribution in [-0.2, 0) is 6.54 Å². The summed E-state index contributed by atoms with van der Waals surface area (Å²) in [6.45, 7) is 4.14. The average Bonchev–Trinajstić information content (AvgIpc) is 2.42. The van der Waals surface area contributed by atoms with Gasteiger partial charge >= 0.3 is 0 Å². The van der Waals surface area contributed by atoms with Crippen molar-refractivity contribution in [2.24, 2.45) is 0 Å². The van der Waals surface area contributed by atoms with Crippen LogP contribution in [0.25, 0.3) is 0 Å². The number of halogens is 1. The summed E-state index contributed by atoms with van der Waals surface area (Å²) in [6.07, 6.45) is 5.15. The molecule has 3 nitrogen and oxygen atoms in total. The van der Waals surface area contributed by atoms with Crippen molar-refractivity contribution in [2.45, 2.75) is 39.2 Å². The molecule has 0 saturated heterocycles. The highest BCUT2D eigenvalue weighted by Gasteiger charge is 2.10. The summed E-state index contributed by atoms with van der Waals surface area (Å²) in [5.41, 5.74) is 1.19. The zero-order valence-corrected chi connectivity index (χ0v) is 13.7. The van der Waals surface area contributed by atoms with E-state index in [4.69, 9.17) is 9.47 Å². The molecule has 0 unspecified atom stereocenters. The predicted octanol–water partition coefficient (Wildman–Crippen LogP) is 4.14. The van der Waals surface area contributed by atoms with Gasteiger partial charge in [-0.1, -0.05) is 26.2 Å². The highest BCUT2D eigenvalue weighted by Crippen LogP contribution is 2.36. The van der Waals surface area contributed by atoms with Gasteiger partial charge in [0.15, 0.2) is 11.5 Å². The molecule has 4 heteroatoms. The van der Waals surface area contributed by atoms with Crippen LogP contribution in [0.5, 0.6) is 11.5 Å². The summed E-state index contributed by atoms with van der Waals surface area (Å²) in [7, 11) is 3.31. The van der Waals surface area contributed by atoms with Crippen LogP contribution in [0.3, 0.4) is 0 Å². The third kappa shape index (κ3) is 5.41. The van der Waals surface area contributed by atoms with Crippen molar-refractivity contribution in [3.63, 3.8) is 0 Å². The molecular formula is C15H24BrNO2. The van der Waals surface area contributed by atoms with E-state index in [0.29, 0.717) is 0 Å². The summed E-state index contributed by atoms with van der Waals surface area (Å²) in [5.74, 6) is 1.51. The fourth-order valence-electron chi connectivity index (χ4n) is 1.98. The average molecular weight is 330 g/mol. The molecule has 0 radical (unpaired) electrons. The van der Waals surface area contributed by atoms with Gasteiger partial charge in [-0.25, -0.2) is 0 Å². The molecule has 1 N–H and O–H groups in total. The Bertz CT molecular complexity index is 383. The lowest BCUT2D eigenvalue weighted by Crippen LogP contribution is -2.14. The van der Waals surface area contributed by atoms with Crippen molar-refractivity contribution in [3.8, 4) is 11.5 Å². The Kier molecular flexibility index (Phi) is 7.91. The Labute approximate surface area is 124 Å². The van der Waals surface area contributed by atoms with Crippen molar-refractivity contribution in [1.82, 2.24) is 5.32 Å². The van der Waals surface area contributed by atoms with Gasteiger partial charge in [-0.2, -0.15) is 0 Å². The molecule has 0 aliphatic rings. The minimum atomic E-state index is 0.745. The zero-order chi connectivity index (χ0) is 14.1. The minimum absolute atomic E-state index is 0.745. The summed E-state index contributed by atoms with van der Waals surface area (Å²) < 4.78 is 11.6. The Hall–Kier alpha value is -0.740. The third-order valence-electron chi connectivity index (χ3n) is 3.03. The van der Waals surface area contributed by atoms with E-state index >= 15 is 0 Å². The molecule has 1 aromatic carbocycles. The number of rotatable bonds is 9. The van der Waals surface area contributed by atoms with E-state index in [0.717, 1.165) is 29.1 Å². The lowest BCUT2D eigenvalue weighted by Gasteiger charge is -2.12. The second kappa shape index (κ2) is 9.21. The number of methoxy groups -OCH3 is 2. The maximum atomic E-state index is 5.33. The first-order chi connectivity index (χ1) is 9.22. The largest absolute Gasteiger partial charge is 0.493 e. The van der Waals surface area contributed by atoms with E-state index in [1.807, 2.05) is 6.07 Å². The van der Waals surface area contributed by atoms with E-state index < -0.39 is 0 Å². The predicted molar refractivity (Wildman–Crippen MR) is 83.1 cm³/mol. The van der Waals surface area contributed by atoms with Gasteiger partial charge in [0.05, 0.1) is 18.7 Å². The SMILES string of the molecule is CCCCCCNCc1cc(Br)c(OC)c(OC)c1. The van der Waals surface area contributed by atoms with Gasteiger partial charge in [-0.15, -0.1) is 0 Å². The first-order valence-corrected chi connectivity index (χ1v) is 7.63. The van der Waals surface area contributed by atoms with E-state index in [1.54, 1.807) is 14.2 Å². The standard InChI is InChI=1S/C15H24BrNO2/c1-4-5-6-7-8-17-11-12-9-13(16)15(19-3)14(10-12)18-2/h9-10,17H,4-8,11H2,1-3H3. The molecule has 0 heterocycles. The lowest BCUT2D eigenvalue weighted by molar-refractivity contribution is 0.352. The quantitative estimate of drug-likeness (QED) is 0.691. The molecule has 19 heavy (non-hydrogen) atoms. The summed E-state index contributed by atoms with van der Waals surface area (Å²) in [5, 5.41) is 3.46. The molecule has 0 saturated carbocycles. The molecule has 0 bridgehead atoms. The van der Waals surface area contributed by atoms with Crippen LogP contribution in [0.15, 0.2) is 16.6 Å². The molecule has 0 aliphatic heterocycles. The Balaban J connectivity index is 2.48. The first-order valence-electron chi connectivity index (χ1n) is 6.84. The maximum absolute atomic E-state index is 5.33. The van der Waals surface area contributed by atoms with E-state index in [-0.39, 0.29) is 0 Å². The van der Waals surface area contributed by atoms with Crippen LogP contribution in [0.2, 0.25) is 0 Å². The normalized spacial score (nSPS) is 10.5. The summed E-state index contributed by atoms with van der Waals surface area (Å²) in [4.78, 5) is 0. The first kappa shape index (κ1) is 16.3. The van der Waals surface area contributed by atoms with Crippen molar-refractivity contribution in [1.29, 1.82) is 0 Å². The van der Waals surface area contributed by atoms with Crippen LogP contribution in [0.1, 0.15) is 38.2 Å². The van der Waals surface area contributed by atoms with Crippen molar-refractivity contribution in [3.05, 3.63) is 22.2 Å². The van der Waals surface area contributed by atoms with Gasteiger partial charge in [0, 0.05) is 6.54 Å². The Morgan fingerprint density at radius 1 is 1.11 bits per heavy atom. The van der Waals surface area contributed by atoms with Gasteiger partial charge in [0.1, 0.15) is 0 Å². The summed E-state index contributed by atoms with van der Waals surface area (Å²) in [6, 6.07) is 4.09. The highest BCUT2D eigenvalue weighted by atomic mass is 79.9. The molecule has 0 aliphatic carbocycles. The molecular weight excluding hydrogens is 306 g/mol. The van der Waals surface area contributed by atoms with Crippen molar-refractivity contribution in [2.75, 3.05) is 20.8 Å². The molecule has 1 rings (SSSR count). The Morgan fingerprint density at radius 2 is 1.89 bits per heavy atom. The van der Waals surface area contributed by atoms with E-state index in [1.165, 1.54) is 31.2 Å². The van der Waals surface area contributed by atoms with Crippen molar-refractivity contribution < 1.29 is 9.47 Å². The van der Waals surface area contributed by atoms with Crippen molar-refractivity contribution >= 4 is 15.9 Å². The zero-order valence-electron chi connectivity index (χ0n) is 12.1. The van der Waals surface area contributed by atoms with Gasteiger partial charge in [-0.3, -0.25) is 0 Å². The molecule has 0 aromatic heterocycles. The second-order valence-corrected chi connectivity index (χ2v) is 5.40. The number of benzene rings is 1. The second-order valence-electron chi connectivity index (χ2n) is 4.55. The Morgan fingerprint density at radius 3 is 2.53 bits per heavy atom. The van der Waals surface area contributed by atoms with Crippen LogP contribution in [0, 0.1) is 0 Å². The van der Waals surface area contributed by atoms with E-state index in [2.05, 4.69) is 34.2 Å². The van der Waals surface area contributed by atoms with Crippen LogP contribution in [0.4, 0.5) is 0 Å². The number of unbranched alkanes of at least 4 members (excludes halogenated alkanes) is 3. The fraction of sp³-hybridized carbons (Fsp3) is 0.600. The maximum Gasteiger partial charge on any atom is 0.174 e. The number of hydrogen-bond donors (Lipinski definition) is 1. The molecule has 0 spiro atoms. The van der Waals surface area contributed by atoms with Gasteiger partial charge in [-0.05, 0) is 46.6 Å². The number of nitrogens with one attached hydrogen (secondary N) is 1. The number of hydrogen-bond acceptors (Lipinski definition) is 3. The van der Waals surface area contributed by atoms with Gasteiger partial charge in [0.2, 0.25) is 0 Å². The van der Waals surface area contributed by atoms with Crippen LogP contribution in [-0.4, -0.2) is 20.8 Å². The van der Waals surface area contributed by atoms with Gasteiger partial charge < -0.3 is 14.8 Å². The topological polar surface area (TPSA) is 30.5 Å². The number of ether oxygens (including phenoxy) is 2. The smallest absolute Gasteiger partial charge is 0.174 e. The van der Waals surface area contributed by atoms with E-state index in [9.17, 15) is 0 Å². The molecule has 0 amide bonds. The lowest BCUT2D eigenvalue weighted by atomic mass is 10.2. The third-order valence-corrected chi connectivity index (χ3v) is 3.62. The van der Waals surface area contributed by atoms with Crippen LogP contribution < -0.4 is 14.8 Å².